The molecular weight excluding hydrogens is 379 g/mol. The van der Waals surface area contributed by atoms with E-state index in [9.17, 15) is 13.2 Å². The summed E-state index contributed by atoms with van der Waals surface area (Å²) in [5.74, 6) is -1.71. The van der Waals surface area contributed by atoms with Gasteiger partial charge in [-0.1, -0.05) is 0 Å². The van der Waals surface area contributed by atoms with E-state index in [2.05, 4.69) is 24.8 Å². The first-order chi connectivity index (χ1) is 13.1. The molecule has 0 bridgehead atoms. The Morgan fingerprint density at radius 1 is 1.46 bits per heavy atom. The summed E-state index contributed by atoms with van der Waals surface area (Å²) in [7, 11) is 0. The minimum Gasteiger partial charge on any atom is -0.475 e. The highest BCUT2D eigenvalue weighted by molar-refractivity contribution is 5.73. The van der Waals surface area contributed by atoms with Crippen molar-refractivity contribution in [2.24, 2.45) is 5.41 Å². The van der Waals surface area contributed by atoms with Gasteiger partial charge in [0.1, 0.15) is 5.76 Å². The number of hydrogen-bond donors (Lipinski definition) is 1. The molecule has 3 heterocycles. The predicted octanol–water partition coefficient (Wildman–Crippen LogP) is 3.71. The van der Waals surface area contributed by atoms with Crippen molar-refractivity contribution in [1.82, 2.24) is 4.90 Å². The van der Waals surface area contributed by atoms with E-state index in [1.165, 1.54) is 6.42 Å². The molecule has 3 rings (SSSR count). The minimum atomic E-state index is -5.08. The number of carbonyl (C=O) groups is 1. The number of furan rings is 1. The molecule has 6 nitrogen and oxygen atoms in total. The number of hydrogen-bond acceptors (Lipinski definition) is 5. The topological polar surface area (TPSA) is 72.1 Å². The number of carboxylic acids is 1. The molecule has 0 aromatic carbocycles. The van der Waals surface area contributed by atoms with E-state index in [1.807, 2.05) is 6.07 Å². The number of aliphatic carboxylic acids is 1. The standard InChI is InChI=1S/C17H27NO3.C2HF3O2/c1-14(2)21-13-17-7-4-10-20-16(17)6-8-18(12-17)11-15-5-3-9-19-15;3-2(4,5)1(6)7/h3,5,9,14,16H,4,6-8,10-13H2,1-2H3;(H,6,7). The van der Waals surface area contributed by atoms with Gasteiger partial charge in [0.15, 0.2) is 0 Å². The molecule has 1 aromatic heterocycles. The highest BCUT2D eigenvalue weighted by atomic mass is 19.4. The highest BCUT2D eigenvalue weighted by Crippen LogP contribution is 2.41. The third-order valence-corrected chi connectivity index (χ3v) is 4.97. The smallest absolute Gasteiger partial charge is 0.475 e. The average molecular weight is 407 g/mol. The molecular formula is C19H28F3NO5. The van der Waals surface area contributed by atoms with E-state index < -0.39 is 12.1 Å². The molecule has 1 N–H and O–H groups in total. The van der Waals surface area contributed by atoms with Gasteiger partial charge < -0.3 is 19.0 Å². The van der Waals surface area contributed by atoms with Gasteiger partial charge in [-0.05, 0) is 45.2 Å². The molecule has 0 spiro atoms. The van der Waals surface area contributed by atoms with Crippen molar-refractivity contribution in [3.63, 3.8) is 0 Å². The van der Waals surface area contributed by atoms with Gasteiger partial charge in [0.25, 0.3) is 0 Å². The molecule has 2 fully saturated rings. The van der Waals surface area contributed by atoms with Gasteiger partial charge in [-0.15, -0.1) is 0 Å². The van der Waals surface area contributed by atoms with Gasteiger partial charge in [0, 0.05) is 25.1 Å². The third kappa shape index (κ3) is 6.49. The largest absolute Gasteiger partial charge is 0.490 e. The van der Waals surface area contributed by atoms with Crippen LogP contribution in [-0.2, 0) is 20.8 Å². The van der Waals surface area contributed by atoms with Crippen molar-refractivity contribution in [3.05, 3.63) is 24.2 Å². The molecule has 2 atom stereocenters. The van der Waals surface area contributed by atoms with E-state index >= 15 is 0 Å². The van der Waals surface area contributed by atoms with Gasteiger partial charge in [0.2, 0.25) is 0 Å². The van der Waals surface area contributed by atoms with Crippen LogP contribution in [0.25, 0.3) is 0 Å². The number of alkyl halides is 3. The molecule has 2 aliphatic rings. The van der Waals surface area contributed by atoms with Crippen LogP contribution in [0.5, 0.6) is 0 Å². The van der Waals surface area contributed by atoms with Crippen molar-refractivity contribution in [2.45, 2.75) is 58.0 Å². The van der Waals surface area contributed by atoms with Gasteiger partial charge in [-0.2, -0.15) is 13.2 Å². The van der Waals surface area contributed by atoms with Crippen molar-refractivity contribution < 1.29 is 37.0 Å². The second-order valence-corrected chi connectivity index (χ2v) is 7.57. The van der Waals surface area contributed by atoms with E-state index in [1.54, 1.807) is 6.26 Å². The molecule has 0 amide bonds. The summed E-state index contributed by atoms with van der Waals surface area (Å²) in [5.41, 5.74) is 0.160. The van der Waals surface area contributed by atoms with Gasteiger partial charge in [-0.3, -0.25) is 4.90 Å². The zero-order chi connectivity index (χ0) is 20.8. The molecule has 0 radical (unpaired) electrons. The summed E-state index contributed by atoms with van der Waals surface area (Å²) < 4.78 is 49.3. The molecule has 28 heavy (non-hydrogen) atoms. The first-order valence-electron chi connectivity index (χ1n) is 9.40. The number of carboxylic acid groups (broad SMARTS) is 1. The lowest BCUT2D eigenvalue weighted by Gasteiger charge is -2.50. The molecule has 2 aliphatic heterocycles. The van der Waals surface area contributed by atoms with Crippen LogP contribution in [0.2, 0.25) is 0 Å². The number of ether oxygens (including phenoxy) is 2. The minimum absolute atomic E-state index is 0.160. The Morgan fingerprint density at radius 2 is 2.18 bits per heavy atom. The van der Waals surface area contributed by atoms with E-state index in [0.29, 0.717) is 6.10 Å². The fourth-order valence-corrected chi connectivity index (χ4v) is 3.68. The zero-order valence-electron chi connectivity index (χ0n) is 16.2. The van der Waals surface area contributed by atoms with Crippen LogP contribution in [0.1, 0.15) is 38.9 Å². The van der Waals surface area contributed by atoms with Crippen LogP contribution < -0.4 is 0 Å². The Bertz CT molecular complexity index is 605. The normalized spacial score (nSPS) is 25.7. The molecule has 0 saturated carbocycles. The first kappa shape index (κ1) is 22.7. The summed E-state index contributed by atoms with van der Waals surface area (Å²) in [5, 5.41) is 7.12. The quantitative estimate of drug-likeness (QED) is 0.802. The Kier molecular flexibility index (Phi) is 7.91. The maximum atomic E-state index is 10.6. The molecule has 160 valence electrons. The lowest BCUT2D eigenvalue weighted by molar-refractivity contribution is -0.192. The van der Waals surface area contributed by atoms with Crippen LogP contribution in [0.4, 0.5) is 13.2 Å². The number of rotatable bonds is 5. The Balaban J connectivity index is 0.000000345. The fourth-order valence-electron chi connectivity index (χ4n) is 3.68. The number of fused-ring (bicyclic) bond motifs is 1. The monoisotopic (exact) mass is 407 g/mol. The second kappa shape index (κ2) is 9.76. The van der Waals surface area contributed by atoms with E-state index in [-0.39, 0.29) is 11.5 Å². The maximum absolute atomic E-state index is 10.6. The maximum Gasteiger partial charge on any atom is 0.490 e. The number of nitrogens with zero attached hydrogens (tertiary/aromatic N) is 1. The molecule has 2 unspecified atom stereocenters. The van der Waals surface area contributed by atoms with Crippen LogP contribution in [0.3, 0.4) is 0 Å². The van der Waals surface area contributed by atoms with Gasteiger partial charge >= 0.3 is 12.1 Å². The lowest BCUT2D eigenvalue weighted by Crippen LogP contribution is -2.56. The molecule has 2 saturated heterocycles. The summed E-state index contributed by atoms with van der Waals surface area (Å²) >= 11 is 0. The predicted molar refractivity (Wildman–Crippen MR) is 94.8 cm³/mol. The van der Waals surface area contributed by atoms with Gasteiger partial charge in [0.05, 0.1) is 31.6 Å². The van der Waals surface area contributed by atoms with Crippen LogP contribution in [0, 0.1) is 5.41 Å². The van der Waals surface area contributed by atoms with Crippen molar-refractivity contribution >= 4 is 5.97 Å². The van der Waals surface area contributed by atoms with Crippen molar-refractivity contribution in [2.75, 3.05) is 26.3 Å². The number of likely N-dealkylation sites (tertiary alicyclic amines) is 1. The summed E-state index contributed by atoms with van der Waals surface area (Å²) in [6, 6.07) is 4.02. The van der Waals surface area contributed by atoms with Crippen LogP contribution >= 0.6 is 0 Å². The third-order valence-electron chi connectivity index (χ3n) is 4.97. The highest BCUT2D eigenvalue weighted by Gasteiger charge is 2.46. The lowest BCUT2D eigenvalue weighted by atomic mass is 9.73. The van der Waals surface area contributed by atoms with Crippen LogP contribution in [-0.4, -0.2) is 60.7 Å². The van der Waals surface area contributed by atoms with E-state index in [4.69, 9.17) is 23.8 Å². The van der Waals surface area contributed by atoms with Gasteiger partial charge in [-0.25, -0.2) is 4.79 Å². The second-order valence-electron chi connectivity index (χ2n) is 7.57. The average Bonchev–Trinajstić information content (AvgIpc) is 3.12. The Hall–Kier alpha value is -1.58. The summed E-state index contributed by atoms with van der Waals surface area (Å²) in [6.07, 6.45) is 0.761. The number of halogens is 3. The van der Waals surface area contributed by atoms with Crippen molar-refractivity contribution in [1.29, 1.82) is 0 Å². The SMILES string of the molecule is CC(C)OCC12CCCOC1CCN(Cc1ccco1)C2.O=C(O)C(F)(F)F. The zero-order valence-corrected chi connectivity index (χ0v) is 16.2. The Labute approximate surface area is 162 Å². The van der Waals surface area contributed by atoms with E-state index in [0.717, 1.165) is 51.4 Å². The first-order valence-corrected chi connectivity index (χ1v) is 9.40. The fraction of sp³-hybridized carbons (Fsp3) is 0.737. The summed E-state index contributed by atoms with van der Waals surface area (Å²) in [4.78, 5) is 11.4. The molecule has 0 aliphatic carbocycles. The summed E-state index contributed by atoms with van der Waals surface area (Å²) in [6.45, 7) is 8.96. The molecule has 9 heteroatoms. The molecule has 1 aromatic rings. The number of piperidine rings is 1. The Morgan fingerprint density at radius 3 is 2.75 bits per heavy atom. The van der Waals surface area contributed by atoms with Crippen LogP contribution in [0.15, 0.2) is 22.8 Å². The van der Waals surface area contributed by atoms with Crippen molar-refractivity contribution in [3.8, 4) is 0 Å².